The van der Waals surface area contributed by atoms with Crippen LogP contribution in [0.25, 0.3) is 0 Å². The maximum Gasteiger partial charge on any atom is 0.420 e. The minimum atomic E-state index is -1.37. The molecule has 0 aromatic heterocycles. The molecule has 1 unspecified atom stereocenters. The van der Waals surface area contributed by atoms with Crippen LogP contribution in [-0.2, 0) is 23.8 Å². The number of allylic oxidation sites excluding steroid dienone is 1. The van der Waals surface area contributed by atoms with Crippen molar-refractivity contribution in [2.45, 2.75) is 98.0 Å². The summed E-state index contributed by atoms with van der Waals surface area (Å²) in [5.74, 6) is -1.98. The van der Waals surface area contributed by atoms with E-state index < -0.39 is 47.0 Å². The van der Waals surface area contributed by atoms with Gasteiger partial charge in [0.05, 0.1) is 0 Å². The molecule has 0 aliphatic rings. The number of carboxylic acid groups (broad SMARTS) is 1. The van der Waals surface area contributed by atoms with Crippen LogP contribution in [0.1, 0.15) is 75.2 Å². The average molecular weight is 430 g/mol. The fraction of sp³-hybridized carbons (Fsp3) is 0.714. The number of ether oxygens (including phenoxy) is 3. The SMILES string of the molecule is CC(C)(C)OC(=O)C(CCC=CC(=O)O)N(C(=O)OC(C)(C)C)C(=O)OC(C)(C)C. The van der Waals surface area contributed by atoms with Crippen LogP contribution in [0.4, 0.5) is 9.59 Å². The van der Waals surface area contributed by atoms with Gasteiger partial charge >= 0.3 is 24.1 Å². The second-order valence-electron chi connectivity index (χ2n) is 9.70. The van der Waals surface area contributed by atoms with Gasteiger partial charge in [0, 0.05) is 6.08 Å². The molecule has 0 aromatic rings. The Bertz CT molecular complexity index is 634. The van der Waals surface area contributed by atoms with Gasteiger partial charge in [-0.1, -0.05) is 6.08 Å². The topological polar surface area (TPSA) is 119 Å². The van der Waals surface area contributed by atoms with Crippen LogP contribution in [0.5, 0.6) is 0 Å². The zero-order valence-electron chi connectivity index (χ0n) is 19.4. The van der Waals surface area contributed by atoms with Crippen LogP contribution in [0, 0.1) is 0 Å². The first kappa shape index (κ1) is 27.4. The van der Waals surface area contributed by atoms with Gasteiger partial charge in [0.15, 0.2) is 0 Å². The molecule has 0 aliphatic carbocycles. The van der Waals surface area contributed by atoms with E-state index >= 15 is 0 Å². The molecule has 0 fully saturated rings. The van der Waals surface area contributed by atoms with Crippen molar-refractivity contribution in [3.05, 3.63) is 12.2 Å². The number of carboxylic acids is 1. The van der Waals surface area contributed by atoms with E-state index in [0.717, 1.165) is 6.08 Å². The van der Waals surface area contributed by atoms with Gasteiger partial charge in [-0.25, -0.2) is 19.2 Å². The molecule has 0 saturated carbocycles. The van der Waals surface area contributed by atoms with Crippen molar-refractivity contribution < 1.29 is 38.5 Å². The molecule has 9 heteroatoms. The minimum absolute atomic E-state index is 0.0722. The quantitative estimate of drug-likeness (QED) is 0.377. The molecule has 0 radical (unpaired) electrons. The predicted octanol–water partition coefficient (Wildman–Crippen LogP) is 4.29. The summed E-state index contributed by atoms with van der Waals surface area (Å²) in [7, 11) is 0. The molecular formula is C21H35NO8. The van der Waals surface area contributed by atoms with E-state index in [0.29, 0.717) is 4.90 Å². The van der Waals surface area contributed by atoms with Crippen molar-refractivity contribution >= 4 is 24.1 Å². The lowest BCUT2D eigenvalue weighted by Gasteiger charge is -2.33. The van der Waals surface area contributed by atoms with Gasteiger partial charge in [0.2, 0.25) is 0 Å². The van der Waals surface area contributed by atoms with Crippen molar-refractivity contribution in [3.63, 3.8) is 0 Å². The van der Waals surface area contributed by atoms with E-state index in [9.17, 15) is 19.2 Å². The number of amides is 2. The molecule has 0 heterocycles. The molecule has 0 aromatic carbocycles. The summed E-state index contributed by atoms with van der Waals surface area (Å²) in [5, 5.41) is 8.74. The summed E-state index contributed by atoms with van der Waals surface area (Å²) in [4.78, 5) is 49.8. The summed E-state index contributed by atoms with van der Waals surface area (Å²) in [6, 6.07) is -1.37. The number of carbonyl (C=O) groups is 4. The summed E-state index contributed by atoms with van der Waals surface area (Å²) in [6.07, 6.45) is 0.138. The zero-order valence-corrected chi connectivity index (χ0v) is 19.4. The van der Waals surface area contributed by atoms with Crippen LogP contribution in [-0.4, -0.2) is 57.0 Å². The number of hydrogen-bond acceptors (Lipinski definition) is 7. The third kappa shape index (κ3) is 12.1. The van der Waals surface area contributed by atoms with Crippen molar-refractivity contribution in [1.29, 1.82) is 0 Å². The average Bonchev–Trinajstić information content (AvgIpc) is 2.43. The lowest BCUT2D eigenvalue weighted by Crippen LogP contribution is -2.53. The summed E-state index contributed by atoms with van der Waals surface area (Å²) < 4.78 is 16.0. The molecular weight excluding hydrogens is 394 g/mol. The smallest absolute Gasteiger partial charge is 0.420 e. The van der Waals surface area contributed by atoms with Crippen molar-refractivity contribution in [2.75, 3.05) is 0 Å². The maximum atomic E-state index is 12.8. The Labute approximate surface area is 178 Å². The molecule has 0 saturated heterocycles. The molecule has 1 N–H and O–H groups in total. The molecule has 2 amide bonds. The van der Waals surface area contributed by atoms with E-state index in [2.05, 4.69) is 0 Å². The van der Waals surface area contributed by atoms with Gasteiger partial charge in [0.1, 0.15) is 22.8 Å². The van der Waals surface area contributed by atoms with Gasteiger partial charge in [0.25, 0.3) is 0 Å². The fourth-order valence-corrected chi connectivity index (χ4v) is 2.11. The Hall–Kier alpha value is -2.58. The van der Waals surface area contributed by atoms with E-state index in [1.807, 2.05) is 0 Å². The van der Waals surface area contributed by atoms with E-state index in [4.69, 9.17) is 19.3 Å². The minimum Gasteiger partial charge on any atom is -0.478 e. The van der Waals surface area contributed by atoms with E-state index in [1.165, 1.54) is 6.08 Å². The second-order valence-corrected chi connectivity index (χ2v) is 9.70. The molecule has 0 bridgehead atoms. The van der Waals surface area contributed by atoms with Gasteiger partial charge in [-0.3, -0.25) is 0 Å². The number of rotatable bonds is 6. The number of carbonyl (C=O) groups excluding carboxylic acids is 3. The summed E-state index contributed by atoms with van der Waals surface area (Å²) in [6.45, 7) is 14.7. The maximum absolute atomic E-state index is 12.8. The number of nitrogens with zero attached hydrogens (tertiary/aromatic N) is 1. The Morgan fingerprint density at radius 1 is 0.800 bits per heavy atom. The first-order valence-electron chi connectivity index (χ1n) is 9.70. The molecule has 0 aliphatic heterocycles. The number of esters is 1. The largest absolute Gasteiger partial charge is 0.478 e. The number of aliphatic carboxylic acids is 1. The summed E-state index contributed by atoms with van der Waals surface area (Å²) >= 11 is 0. The number of imide groups is 1. The third-order valence-electron chi connectivity index (χ3n) is 3.04. The monoisotopic (exact) mass is 429 g/mol. The zero-order chi connectivity index (χ0) is 23.9. The fourth-order valence-electron chi connectivity index (χ4n) is 2.11. The van der Waals surface area contributed by atoms with Crippen LogP contribution in [0.3, 0.4) is 0 Å². The highest BCUT2D eigenvalue weighted by Gasteiger charge is 2.41. The van der Waals surface area contributed by atoms with Crippen molar-refractivity contribution in [1.82, 2.24) is 4.90 Å². The van der Waals surface area contributed by atoms with Gasteiger partial charge < -0.3 is 19.3 Å². The molecule has 1 atom stereocenters. The first-order chi connectivity index (χ1) is 13.3. The predicted molar refractivity (Wildman–Crippen MR) is 110 cm³/mol. The van der Waals surface area contributed by atoms with Gasteiger partial charge in [-0.2, -0.15) is 4.90 Å². The van der Waals surface area contributed by atoms with E-state index in [-0.39, 0.29) is 12.8 Å². The molecule has 172 valence electrons. The highest BCUT2D eigenvalue weighted by atomic mass is 16.6. The summed E-state index contributed by atoms with van der Waals surface area (Å²) in [5.41, 5.74) is -2.74. The highest BCUT2D eigenvalue weighted by molar-refractivity contribution is 5.94. The molecule has 9 nitrogen and oxygen atoms in total. The van der Waals surface area contributed by atoms with Crippen LogP contribution in [0.2, 0.25) is 0 Å². The Morgan fingerprint density at radius 3 is 1.53 bits per heavy atom. The lowest BCUT2D eigenvalue weighted by molar-refractivity contribution is -0.161. The molecule has 30 heavy (non-hydrogen) atoms. The van der Waals surface area contributed by atoms with Gasteiger partial charge in [-0.15, -0.1) is 0 Å². The molecule has 0 spiro atoms. The van der Waals surface area contributed by atoms with E-state index in [1.54, 1.807) is 62.3 Å². The van der Waals surface area contributed by atoms with Crippen molar-refractivity contribution in [2.24, 2.45) is 0 Å². The standard InChI is InChI=1S/C21H35NO8/c1-19(2,3)28-16(25)14(12-10-11-13-15(23)24)22(17(26)29-20(4,5)6)18(27)30-21(7,8)9/h11,13-14H,10,12H2,1-9H3,(H,23,24). The second kappa shape index (κ2) is 10.4. The Morgan fingerprint density at radius 2 is 1.20 bits per heavy atom. The lowest BCUT2D eigenvalue weighted by atomic mass is 10.1. The normalized spacial score (nSPS) is 13.5. The van der Waals surface area contributed by atoms with Crippen LogP contribution in [0.15, 0.2) is 12.2 Å². The Kier molecular flexibility index (Phi) is 9.55. The van der Waals surface area contributed by atoms with Crippen LogP contribution >= 0.6 is 0 Å². The van der Waals surface area contributed by atoms with Gasteiger partial charge in [-0.05, 0) is 75.2 Å². The Balaban J connectivity index is 6.05. The highest BCUT2D eigenvalue weighted by Crippen LogP contribution is 2.22. The van der Waals surface area contributed by atoms with Crippen molar-refractivity contribution in [3.8, 4) is 0 Å². The molecule has 0 rings (SSSR count). The van der Waals surface area contributed by atoms with Crippen LogP contribution < -0.4 is 0 Å². The third-order valence-corrected chi connectivity index (χ3v) is 3.04. The first-order valence-corrected chi connectivity index (χ1v) is 9.70. The number of hydrogen-bond donors (Lipinski definition) is 1.